The molecule has 0 aromatic heterocycles. The van der Waals surface area contributed by atoms with E-state index in [9.17, 15) is 8.42 Å². The van der Waals surface area contributed by atoms with Gasteiger partial charge in [-0.05, 0) is 31.9 Å². The lowest BCUT2D eigenvalue weighted by molar-refractivity contribution is 0.294. The van der Waals surface area contributed by atoms with Crippen LogP contribution in [0.15, 0.2) is 29.2 Å². The SMILES string of the molecule is CC1(NS(=O)(=O)c2ccccc2N)CCCCC1. The topological polar surface area (TPSA) is 72.2 Å². The van der Waals surface area contributed by atoms with Crippen molar-refractivity contribution in [1.82, 2.24) is 4.72 Å². The Kier molecular flexibility index (Phi) is 3.64. The van der Waals surface area contributed by atoms with Crippen molar-refractivity contribution in [2.45, 2.75) is 49.5 Å². The van der Waals surface area contributed by atoms with Gasteiger partial charge >= 0.3 is 0 Å². The maximum atomic E-state index is 12.3. The summed E-state index contributed by atoms with van der Waals surface area (Å²) in [4.78, 5) is 0.178. The molecule has 0 radical (unpaired) electrons. The molecule has 1 saturated carbocycles. The highest BCUT2D eigenvalue weighted by atomic mass is 32.2. The first-order valence-electron chi connectivity index (χ1n) is 6.31. The molecule has 1 fully saturated rings. The van der Waals surface area contributed by atoms with Crippen LogP contribution < -0.4 is 10.5 Å². The maximum absolute atomic E-state index is 12.3. The third-order valence-corrected chi connectivity index (χ3v) is 5.26. The third kappa shape index (κ3) is 2.84. The van der Waals surface area contributed by atoms with E-state index in [-0.39, 0.29) is 10.4 Å². The fourth-order valence-corrected chi connectivity index (χ4v) is 4.14. The second-order valence-electron chi connectivity index (χ2n) is 5.26. The van der Waals surface area contributed by atoms with Crippen LogP contribution in [-0.4, -0.2) is 14.0 Å². The van der Waals surface area contributed by atoms with Crippen molar-refractivity contribution in [2.75, 3.05) is 5.73 Å². The number of rotatable bonds is 3. The molecule has 0 unspecified atom stereocenters. The highest BCUT2D eigenvalue weighted by molar-refractivity contribution is 7.89. The highest BCUT2D eigenvalue weighted by Crippen LogP contribution is 2.30. The van der Waals surface area contributed by atoms with E-state index in [0.717, 1.165) is 25.7 Å². The predicted molar refractivity (Wildman–Crippen MR) is 72.7 cm³/mol. The van der Waals surface area contributed by atoms with Crippen molar-refractivity contribution < 1.29 is 8.42 Å². The predicted octanol–water partition coefficient (Wildman–Crippen LogP) is 2.27. The molecular weight excluding hydrogens is 248 g/mol. The van der Waals surface area contributed by atoms with Gasteiger partial charge in [0.2, 0.25) is 10.0 Å². The smallest absolute Gasteiger partial charge is 0.243 e. The monoisotopic (exact) mass is 268 g/mol. The van der Waals surface area contributed by atoms with Crippen LogP contribution in [0.2, 0.25) is 0 Å². The summed E-state index contributed by atoms with van der Waals surface area (Å²) in [6.45, 7) is 1.98. The van der Waals surface area contributed by atoms with E-state index < -0.39 is 10.0 Å². The molecule has 18 heavy (non-hydrogen) atoms. The van der Waals surface area contributed by atoms with Crippen molar-refractivity contribution in [1.29, 1.82) is 0 Å². The molecule has 0 heterocycles. The van der Waals surface area contributed by atoms with Crippen LogP contribution >= 0.6 is 0 Å². The Morgan fingerprint density at radius 1 is 1.17 bits per heavy atom. The van der Waals surface area contributed by atoms with Crippen LogP contribution in [0.3, 0.4) is 0 Å². The third-order valence-electron chi connectivity index (χ3n) is 3.55. The van der Waals surface area contributed by atoms with Gasteiger partial charge in [0.05, 0.1) is 5.69 Å². The number of anilines is 1. The first-order chi connectivity index (χ1) is 8.43. The fraction of sp³-hybridized carbons (Fsp3) is 0.538. The molecule has 1 aromatic rings. The van der Waals surface area contributed by atoms with Gasteiger partial charge in [-0.3, -0.25) is 0 Å². The second kappa shape index (κ2) is 4.90. The van der Waals surface area contributed by atoms with Crippen molar-refractivity contribution in [3.05, 3.63) is 24.3 Å². The van der Waals surface area contributed by atoms with E-state index in [0.29, 0.717) is 5.69 Å². The first-order valence-corrected chi connectivity index (χ1v) is 7.80. The zero-order valence-corrected chi connectivity index (χ0v) is 11.5. The zero-order chi connectivity index (χ0) is 13.2. The molecule has 100 valence electrons. The molecular formula is C13H20N2O2S. The Morgan fingerprint density at radius 2 is 1.78 bits per heavy atom. The lowest BCUT2D eigenvalue weighted by Crippen LogP contribution is -2.47. The van der Waals surface area contributed by atoms with Gasteiger partial charge in [0.1, 0.15) is 4.90 Å². The molecule has 0 atom stereocenters. The van der Waals surface area contributed by atoms with E-state index in [1.165, 1.54) is 6.42 Å². The lowest BCUT2D eigenvalue weighted by Gasteiger charge is -2.34. The highest BCUT2D eigenvalue weighted by Gasteiger charge is 2.32. The van der Waals surface area contributed by atoms with E-state index in [4.69, 9.17) is 5.73 Å². The minimum atomic E-state index is -3.52. The zero-order valence-electron chi connectivity index (χ0n) is 10.6. The van der Waals surface area contributed by atoms with E-state index >= 15 is 0 Å². The number of nitrogens with two attached hydrogens (primary N) is 1. The van der Waals surface area contributed by atoms with Crippen molar-refractivity contribution >= 4 is 15.7 Å². The van der Waals surface area contributed by atoms with Crippen LogP contribution in [0.4, 0.5) is 5.69 Å². The average Bonchev–Trinajstić information content (AvgIpc) is 2.28. The summed E-state index contributed by atoms with van der Waals surface area (Å²) >= 11 is 0. The molecule has 5 heteroatoms. The van der Waals surface area contributed by atoms with Crippen LogP contribution in [0.25, 0.3) is 0 Å². The van der Waals surface area contributed by atoms with Gasteiger partial charge in [-0.15, -0.1) is 0 Å². The van der Waals surface area contributed by atoms with Crippen molar-refractivity contribution in [3.8, 4) is 0 Å². The number of nitrogens with one attached hydrogen (secondary N) is 1. The average molecular weight is 268 g/mol. The summed E-state index contributed by atoms with van der Waals surface area (Å²) in [6.07, 6.45) is 5.11. The molecule has 0 saturated heterocycles. The number of nitrogen functional groups attached to an aromatic ring is 1. The van der Waals surface area contributed by atoms with Crippen molar-refractivity contribution in [3.63, 3.8) is 0 Å². The molecule has 3 N–H and O–H groups in total. The summed E-state index contributed by atoms with van der Waals surface area (Å²) < 4.78 is 27.5. The molecule has 1 aliphatic rings. The normalized spacial score (nSPS) is 19.6. The summed E-state index contributed by atoms with van der Waals surface area (Å²) in [5.41, 5.74) is 5.70. The molecule has 0 aliphatic heterocycles. The Morgan fingerprint density at radius 3 is 2.39 bits per heavy atom. The van der Waals surface area contributed by atoms with Gasteiger partial charge in [0.15, 0.2) is 0 Å². The molecule has 2 rings (SSSR count). The maximum Gasteiger partial charge on any atom is 0.243 e. The number of hydrogen-bond donors (Lipinski definition) is 2. The number of sulfonamides is 1. The molecule has 0 bridgehead atoms. The fourth-order valence-electron chi connectivity index (χ4n) is 2.54. The van der Waals surface area contributed by atoms with Crippen LogP contribution in [0.1, 0.15) is 39.0 Å². The van der Waals surface area contributed by atoms with Gasteiger partial charge < -0.3 is 5.73 Å². The molecule has 0 spiro atoms. The van der Waals surface area contributed by atoms with Crippen molar-refractivity contribution in [2.24, 2.45) is 0 Å². The van der Waals surface area contributed by atoms with Crippen LogP contribution in [-0.2, 0) is 10.0 Å². The van der Waals surface area contributed by atoms with E-state index in [1.807, 2.05) is 6.92 Å². The van der Waals surface area contributed by atoms with Crippen LogP contribution in [0.5, 0.6) is 0 Å². The molecule has 1 aromatic carbocycles. The second-order valence-corrected chi connectivity index (χ2v) is 6.92. The van der Waals surface area contributed by atoms with Gasteiger partial charge in [-0.2, -0.15) is 0 Å². The standard InChI is InChI=1S/C13H20N2O2S/c1-13(9-5-2-6-10-13)15-18(16,17)12-8-4-3-7-11(12)14/h3-4,7-8,15H,2,5-6,9-10,14H2,1H3. The molecule has 4 nitrogen and oxygen atoms in total. The Hall–Kier alpha value is -1.07. The summed E-state index contributed by atoms with van der Waals surface area (Å²) in [7, 11) is -3.52. The molecule has 1 aliphatic carbocycles. The number of para-hydroxylation sites is 1. The first kappa shape index (κ1) is 13.4. The van der Waals surface area contributed by atoms with Gasteiger partial charge in [-0.1, -0.05) is 31.4 Å². The molecule has 0 amide bonds. The summed E-state index contributed by atoms with van der Waals surface area (Å²) in [6, 6.07) is 6.58. The van der Waals surface area contributed by atoms with E-state index in [2.05, 4.69) is 4.72 Å². The Balaban J connectivity index is 2.25. The van der Waals surface area contributed by atoms with Gasteiger partial charge in [0.25, 0.3) is 0 Å². The van der Waals surface area contributed by atoms with Gasteiger partial charge in [-0.25, -0.2) is 13.1 Å². The Labute approximate surface area is 109 Å². The largest absolute Gasteiger partial charge is 0.398 e. The van der Waals surface area contributed by atoms with Gasteiger partial charge in [0, 0.05) is 5.54 Å². The lowest BCUT2D eigenvalue weighted by atomic mass is 9.84. The Bertz CT molecular complexity index is 520. The minimum Gasteiger partial charge on any atom is -0.398 e. The minimum absolute atomic E-state index is 0.178. The summed E-state index contributed by atoms with van der Waals surface area (Å²) in [5, 5.41) is 0. The van der Waals surface area contributed by atoms with Crippen LogP contribution in [0, 0.1) is 0 Å². The summed E-state index contributed by atoms with van der Waals surface area (Å²) in [5.74, 6) is 0. The number of benzene rings is 1. The van der Waals surface area contributed by atoms with E-state index in [1.54, 1.807) is 24.3 Å². The quantitative estimate of drug-likeness (QED) is 0.826. The number of hydrogen-bond acceptors (Lipinski definition) is 3.